The lowest BCUT2D eigenvalue weighted by Gasteiger charge is -2.09. The number of hydrogen-bond acceptors (Lipinski definition) is 5. The second-order valence-corrected chi connectivity index (χ2v) is 5.76. The van der Waals surface area contributed by atoms with E-state index in [-0.39, 0.29) is 13.0 Å². The number of nitrogens with zero attached hydrogens (tertiary/aromatic N) is 2. The summed E-state index contributed by atoms with van der Waals surface area (Å²) in [6.07, 6.45) is -5.10. The molecule has 8 heteroatoms. The molecular formula is C13H16F3N3OS. The van der Waals surface area contributed by atoms with Crippen LogP contribution >= 0.6 is 11.3 Å². The van der Waals surface area contributed by atoms with Crippen LogP contribution < -0.4 is 10.1 Å². The molecule has 0 saturated heterocycles. The number of halogens is 3. The molecule has 116 valence electrons. The van der Waals surface area contributed by atoms with Crippen molar-refractivity contribution in [2.45, 2.75) is 32.9 Å². The Bertz CT molecular complexity index is 612. The summed E-state index contributed by atoms with van der Waals surface area (Å²) in [5.41, 5.74) is 0. The maximum Gasteiger partial charge on any atom is 0.389 e. The summed E-state index contributed by atoms with van der Waals surface area (Å²) in [5.74, 6) is 0.764. The maximum absolute atomic E-state index is 12.1. The fourth-order valence-corrected chi connectivity index (χ4v) is 2.67. The average molecular weight is 319 g/mol. The fourth-order valence-electron chi connectivity index (χ4n) is 1.80. The molecule has 0 radical (unpaired) electrons. The topological polar surface area (TPSA) is 47.0 Å². The number of rotatable bonds is 6. The second-order valence-electron chi connectivity index (χ2n) is 4.53. The molecule has 0 aliphatic rings. The van der Waals surface area contributed by atoms with Gasteiger partial charge in [-0.15, -0.1) is 11.3 Å². The summed E-state index contributed by atoms with van der Waals surface area (Å²) >= 11 is 1.50. The van der Waals surface area contributed by atoms with E-state index in [9.17, 15) is 13.2 Å². The van der Waals surface area contributed by atoms with Crippen LogP contribution in [0.25, 0.3) is 10.2 Å². The van der Waals surface area contributed by atoms with Crippen LogP contribution in [0.5, 0.6) is 5.88 Å². The Hall–Kier alpha value is -1.57. The number of hydrogen-bond donors (Lipinski definition) is 1. The van der Waals surface area contributed by atoms with E-state index in [0.29, 0.717) is 18.4 Å². The molecular weight excluding hydrogens is 303 g/mol. The van der Waals surface area contributed by atoms with Gasteiger partial charge in [0.2, 0.25) is 11.8 Å². The van der Waals surface area contributed by atoms with Crippen molar-refractivity contribution in [3.05, 3.63) is 10.9 Å². The molecule has 21 heavy (non-hydrogen) atoms. The summed E-state index contributed by atoms with van der Waals surface area (Å²) in [7, 11) is 0. The van der Waals surface area contributed by atoms with Crippen LogP contribution in [-0.2, 0) is 0 Å². The lowest BCUT2D eigenvalue weighted by molar-refractivity contribution is -0.136. The van der Waals surface area contributed by atoms with E-state index in [4.69, 9.17) is 4.74 Å². The molecule has 0 aliphatic carbocycles. The van der Waals surface area contributed by atoms with Crippen LogP contribution in [0.4, 0.5) is 19.1 Å². The molecule has 2 aromatic heterocycles. The minimum atomic E-state index is -4.15. The number of thiophene rings is 1. The molecule has 0 unspecified atom stereocenters. The minimum absolute atomic E-state index is 0.0217. The highest BCUT2D eigenvalue weighted by atomic mass is 32.1. The number of aromatic nitrogens is 2. The molecule has 0 aromatic carbocycles. The Kier molecular flexibility index (Phi) is 4.87. The van der Waals surface area contributed by atoms with Crippen molar-refractivity contribution in [2.24, 2.45) is 0 Å². The molecule has 2 aromatic rings. The predicted molar refractivity (Wildman–Crippen MR) is 77.1 cm³/mol. The molecule has 0 fully saturated rings. The molecule has 2 heterocycles. The summed E-state index contributed by atoms with van der Waals surface area (Å²) in [5, 5.41) is 3.73. The maximum atomic E-state index is 12.1. The molecule has 0 bridgehead atoms. The van der Waals surface area contributed by atoms with E-state index >= 15 is 0 Å². The van der Waals surface area contributed by atoms with Gasteiger partial charge >= 0.3 is 6.18 Å². The van der Waals surface area contributed by atoms with Gasteiger partial charge in [-0.2, -0.15) is 18.2 Å². The lowest BCUT2D eigenvalue weighted by atomic mass is 10.3. The van der Waals surface area contributed by atoms with Crippen molar-refractivity contribution in [1.82, 2.24) is 9.97 Å². The van der Waals surface area contributed by atoms with Crippen molar-refractivity contribution < 1.29 is 17.9 Å². The molecule has 0 aliphatic heterocycles. The first-order chi connectivity index (χ1) is 9.89. The Morgan fingerprint density at radius 2 is 2.10 bits per heavy atom. The normalized spacial score (nSPS) is 11.9. The van der Waals surface area contributed by atoms with E-state index in [1.165, 1.54) is 11.3 Å². The first kappa shape index (κ1) is 15.8. The van der Waals surface area contributed by atoms with Gasteiger partial charge in [-0.1, -0.05) is 0 Å². The van der Waals surface area contributed by atoms with Crippen LogP contribution in [0, 0.1) is 6.92 Å². The number of fused-ring (bicyclic) bond motifs is 1. The van der Waals surface area contributed by atoms with Crippen LogP contribution in [-0.4, -0.2) is 29.3 Å². The summed E-state index contributed by atoms with van der Waals surface area (Å²) in [6, 6.07) is 1.88. The van der Waals surface area contributed by atoms with Gasteiger partial charge in [-0.3, -0.25) is 0 Å². The smallest absolute Gasteiger partial charge is 0.389 e. The number of aryl methyl sites for hydroxylation is 1. The number of ether oxygens (including phenoxy) is 1. The van der Waals surface area contributed by atoms with Crippen molar-refractivity contribution in [2.75, 3.05) is 18.5 Å². The molecule has 1 N–H and O–H groups in total. The Labute approximate surface area is 124 Å². The summed E-state index contributed by atoms with van der Waals surface area (Å²) < 4.78 is 41.8. The van der Waals surface area contributed by atoms with Crippen LogP contribution in [0.15, 0.2) is 6.07 Å². The van der Waals surface area contributed by atoms with Crippen molar-refractivity contribution in [3.63, 3.8) is 0 Å². The quantitative estimate of drug-likeness (QED) is 0.812. The third-order valence-corrected chi connectivity index (χ3v) is 3.60. The van der Waals surface area contributed by atoms with Gasteiger partial charge in [0.05, 0.1) is 12.0 Å². The van der Waals surface area contributed by atoms with Gasteiger partial charge in [0.15, 0.2) is 0 Å². The summed E-state index contributed by atoms with van der Waals surface area (Å²) in [4.78, 5) is 10.4. The Morgan fingerprint density at radius 3 is 2.76 bits per heavy atom. The van der Waals surface area contributed by atoms with E-state index in [1.807, 2.05) is 19.9 Å². The molecule has 4 nitrogen and oxygen atoms in total. The molecule has 0 spiro atoms. The minimum Gasteiger partial charge on any atom is -0.477 e. The first-order valence-corrected chi connectivity index (χ1v) is 7.42. The molecule has 0 atom stereocenters. The van der Waals surface area contributed by atoms with Gasteiger partial charge in [0.1, 0.15) is 4.83 Å². The van der Waals surface area contributed by atoms with Gasteiger partial charge in [-0.05, 0) is 26.3 Å². The lowest BCUT2D eigenvalue weighted by Crippen LogP contribution is -2.10. The highest BCUT2D eigenvalue weighted by Gasteiger charge is 2.26. The highest BCUT2D eigenvalue weighted by molar-refractivity contribution is 7.18. The Balaban J connectivity index is 2.13. The largest absolute Gasteiger partial charge is 0.477 e. The van der Waals surface area contributed by atoms with Gasteiger partial charge in [0.25, 0.3) is 0 Å². The zero-order valence-corrected chi connectivity index (χ0v) is 12.6. The standard InChI is InChI=1S/C13H16F3N3OS/c1-3-17-12-18-10(20-6-4-5-13(14,15)16)9-7-8(2)21-11(9)19-12/h7H,3-6H2,1-2H3,(H,17,18,19). The fraction of sp³-hybridized carbons (Fsp3) is 0.538. The summed E-state index contributed by atoms with van der Waals surface area (Å²) in [6.45, 7) is 4.49. The van der Waals surface area contributed by atoms with Crippen LogP contribution in [0.2, 0.25) is 0 Å². The molecule has 0 saturated carbocycles. The van der Waals surface area contributed by atoms with Gasteiger partial charge in [0, 0.05) is 17.8 Å². The van der Waals surface area contributed by atoms with Crippen LogP contribution in [0.3, 0.4) is 0 Å². The first-order valence-electron chi connectivity index (χ1n) is 6.60. The van der Waals surface area contributed by atoms with Crippen molar-refractivity contribution in [1.29, 1.82) is 0 Å². The van der Waals surface area contributed by atoms with Gasteiger partial charge in [-0.25, -0.2) is 4.98 Å². The Morgan fingerprint density at radius 1 is 1.33 bits per heavy atom. The zero-order valence-electron chi connectivity index (χ0n) is 11.8. The van der Waals surface area contributed by atoms with Gasteiger partial charge < -0.3 is 10.1 Å². The predicted octanol–water partition coefficient (Wildman–Crippen LogP) is 4.15. The number of alkyl halides is 3. The zero-order chi connectivity index (χ0) is 15.5. The number of anilines is 1. The SMILES string of the molecule is CCNc1nc(OCCCC(F)(F)F)c2cc(C)sc2n1. The number of nitrogens with one attached hydrogen (secondary N) is 1. The molecule has 2 rings (SSSR count). The highest BCUT2D eigenvalue weighted by Crippen LogP contribution is 2.31. The van der Waals surface area contributed by atoms with Crippen molar-refractivity contribution in [3.8, 4) is 5.88 Å². The third kappa shape index (κ3) is 4.45. The van der Waals surface area contributed by atoms with Crippen LogP contribution in [0.1, 0.15) is 24.6 Å². The van der Waals surface area contributed by atoms with Crippen molar-refractivity contribution >= 4 is 27.5 Å². The monoisotopic (exact) mass is 319 g/mol. The van der Waals surface area contributed by atoms with E-state index in [0.717, 1.165) is 15.1 Å². The van der Waals surface area contributed by atoms with E-state index < -0.39 is 12.6 Å². The second kappa shape index (κ2) is 6.46. The van der Waals surface area contributed by atoms with E-state index in [1.54, 1.807) is 0 Å². The van der Waals surface area contributed by atoms with E-state index in [2.05, 4.69) is 15.3 Å². The molecule has 0 amide bonds. The average Bonchev–Trinajstić information content (AvgIpc) is 2.74. The third-order valence-electron chi connectivity index (χ3n) is 2.66.